The number of likely N-dealkylation sites (tertiary alicyclic amines) is 1. The van der Waals surface area contributed by atoms with Crippen molar-refractivity contribution >= 4 is 11.6 Å². The van der Waals surface area contributed by atoms with E-state index in [0.29, 0.717) is 19.1 Å². The Kier molecular flexibility index (Phi) is 5.73. The second kappa shape index (κ2) is 7.54. The van der Waals surface area contributed by atoms with Crippen LogP contribution in [0.4, 0.5) is 5.69 Å². The minimum Gasteiger partial charge on any atom is -0.326 e. The largest absolute Gasteiger partial charge is 0.326 e. The van der Waals surface area contributed by atoms with E-state index < -0.39 is 0 Å². The highest BCUT2D eigenvalue weighted by atomic mass is 16.2. The fourth-order valence-electron chi connectivity index (χ4n) is 2.89. The first-order valence-corrected chi connectivity index (χ1v) is 7.56. The molecule has 1 atom stereocenters. The van der Waals surface area contributed by atoms with E-state index in [1.54, 1.807) is 0 Å². The van der Waals surface area contributed by atoms with Crippen LogP contribution in [0.15, 0.2) is 24.3 Å². The number of rotatable bonds is 6. The summed E-state index contributed by atoms with van der Waals surface area (Å²) in [6, 6.07) is 8.20. The maximum absolute atomic E-state index is 12.2. The van der Waals surface area contributed by atoms with Gasteiger partial charge in [-0.2, -0.15) is 0 Å². The lowest BCUT2D eigenvalue weighted by molar-refractivity contribution is -0.117. The molecule has 116 valence electrons. The quantitative estimate of drug-likeness (QED) is 0.824. The Morgan fingerprint density at radius 2 is 2.29 bits per heavy atom. The zero-order valence-electron chi connectivity index (χ0n) is 13.0. The van der Waals surface area contributed by atoms with E-state index >= 15 is 0 Å². The number of hydrogen-bond donors (Lipinski definition) is 2. The van der Waals surface area contributed by atoms with E-state index in [-0.39, 0.29) is 5.91 Å². The van der Waals surface area contributed by atoms with Crippen LogP contribution in [-0.2, 0) is 11.3 Å². The molecule has 0 radical (unpaired) electrons. The van der Waals surface area contributed by atoms with E-state index in [0.717, 1.165) is 24.3 Å². The number of nitrogens with two attached hydrogens (primary N) is 1. The van der Waals surface area contributed by atoms with Gasteiger partial charge in [-0.1, -0.05) is 12.1 Å². The van der Waals surface area contributed by atoms with Crippen molar-refractivity contribution in [1.82, 2.24) is 9.80 Å². The Labute approximate surface area is 127 Å². The van der Waals surface area contributed by atoms with Gasteiger partial charge in [-0.3, -0.25) is 9.69 Å². The molecule has 1 fully saturated rings. The average molecular weight is 290 g/mol. The van der Waals surface area contributed by atoms with Crippen LogP contribution in [0.5, 0.6) is 0 Å². The molecule has 3 N–H and O–H groups in total. The third kappa shape index (κ3) is 4.81. The fraction of sp³-hybridized carbons (Fsp3) is 0.562. The molecule has 0 spiro atoms. The average Bonchev–Trinajstić information content (AvgIpc) is 2.85. The molecule has 1 saturated heterocycles. The van der Waals surface area contributed by atoms with E-state index in [9.17, 15) is 4.79 Å². The molecule has 0 aromatic heterocycles. The number of carbonyl (C=O) groups excluding carboxylic acids is 1. The van der Waals surface area contributed by atoms with E-state index in [1.165, 1.54) is 12.8 Å². The lowest BCUT2D eigenvalue weighted by Gasteiger charge is -2.26. The van der Waals surface area contributed by atoms with Crippen molar-refractivity contribution in [3.63, 3.8) is 0 Å². The SMILES string of the molecule is CN(C)CC1CCCN1CC(=O)Nc1cccc(CN)c1. The third-order valence-corrected chi connectivity index (χ3v) is 3.87. The Hall–Kier alpha value is -1.43. The van der Waals surface area contributed by atoms with Gasteiger partial charge in [0.1, 0.15) is 0 Å². The minimum absolute atomic E-state index is 0.0508. The van der Waals surface area contributed by atoms with Gasteiger partial charge < -0.3 is 16.0 Å². The van der Waals surface area contributed by atoms with Gasteiger partial charge in [0.15, 0.2) is 0 Å². The van der Waals surface area contributed by atoms with Crippen molar-refractivity contribution in [1.29, 1.82) is 0 Å². The maximum Gasteiger partial charge on any atom is 0.238 e. The molecule has 1 aliphatic heterocycles. The van der Waals surface area contributed by atoms with Gasteiger partial charge in [0.05, 0.1) is 6.54 Å². The van der Waals surface area contributed by atoms with Crippen molar-refractivity contribution in [2.24, 2.45) is 5.73 Å². The number of amides is 1. The van der Waals surface area contributed by atoms with Crippen molar-refractivity contribution in [3.05, 3.63) is 29.8 Å². The molecule has 5 nitrogen and oxygen atoms in total. The van der Waals surface area contributed by atoms with Crippen LogP contribution in [0.3, 0.4) is 0 Å². The summed E-state index contributed by atoms with van der Waals surface area (Å²) in [6.45, 7) is 2.97. The van der Waals surface area contributed by atoms with E-state index in [2.05, 4.69) is 29.2 Å². The Bertz CT molecular complexity index is 475. The molecule has 0 aliphatic carbocycles. The van der Waals surface area contributed by atoms with Crippen molar-refractivity contribution in [2.75, 3.05) is 39.0 Å². The first kappa shape index (κ1) is 15.9. The highest BCUT2D eigenvalue weighted by Crippen LogP contribution is 2.18. The molecule has 2 rings (SSSR count). The molecular formula is C16H26N4O. The molecule has 1 heterocycles. The molecule has 1 amide bonds. The molecule has 21 heavy (non-hydrogen) atoms. The van der Waals surface area contributed by atoms with Crippen molar-refractivity contribution in [2.45, 2.75) is 25.4 Å². The highest BCUT2D eigenvalue weighted by molar-refractivity contribution is 5.92. The zero-order valence-corrected chi connectivity index (χ0v) is 13.0. The molecule has 5 heteroatoms. The van der Waals surface area contributed by atoms with Crippen LogP contribution in [0.1, 0.15) is 18.4 Å². The number of benzene rings is 1. The number of nitrogens with one attached hydrogen (secondary N) is 1. The monoisotopic (exact) mass is 290 g/mol. The molecule has 0 bridgehead atoms. The zero-order chi connectivity index (χ0) is 15.2. The number of nitrogens with zero attached hydrogens (tertiary/aromatic N) is 2. The Morgan fingerprint density at radius 1 is 1.48 bits per heavy atom. The molecule has 1 unspecified atom stereocenters. The number of anilines is 1. The molecule has 1 aromatic rings. The van der Waals surface area contributed by atoms with Crippen LogP contribution in [0.25, 0.3) is 0 Å². The number of carbonyl (C=O) groups is 1. The summed E-state index contributed by atoms with van der Waals surface area (Å²) in [5.74, 6) is 0.0508. The van der Waals surface area contributed by atoms with E-state index in [4.69, 9.17) is 5.73 Å². The summed E-state index contributed by atoms with van der Waals surface area (Å²) < 4.78 is 0. The standard InChI is InChI=1S/C16H26N4O/c1-19(2)11-15-7-4-8-20(15)12-16(21)18-14-6-3-5-13(9-14)10-17/h3,5-6,9,15H,4,7-8,10-12,17H2,1-2H3,(H,18,21). The van der Waals surface area contributed by atoms with Crippen LogP contribution < -0.4 is 11.1 Å². The number of hydrogen-bond acceptors (Lipinski definition) is 4. The van der Waals surface area contributed by atoms with Crippen molar-refractivity contribution < 1.29 is 4.79 Å². The summed E-state index contributed by atoms with van der Waals surface area (Å²) in [5, 5.41) is 2.97. The van der Waals surface area contributed by atoms with Crippen LogP contribution in [0.2, 0.25) is 0 Å². The summed E-state index contributed by atoms with van der Waals surface area (Å²) in [7, 11) is 4.16. The molecule has 1 aromatic carbocycles. The minimum atomic E-state index is 0.0508. The Balaban J connectivity index is 1.88. The van der Waals surface area contributed by atoms with Gasteiger partial charge in [0.2, 0.25) is 5.91 Å². The highest BCUT2D eigenvalue weighted by Gasteiger charge is 2.26. The van der Waals surface area contributed by atoms with Gasteiger partial charge in [-0.25, -0.2) is 0 Å². The topological polar surface area (TPSA) is 61.6 Å². The molecule has 1 aliphatic rings. The van der Waals surface area contributed by atoms with Gasteiger partial charge in [-0.05, 0) is 51.2 Å². The Morgan fingerprint density at radius 3 is 3.00 bits per heavy atom. The first-order valence-electron chi connectivity index (χ1n) is 7.56. The smallest absolute Gasteiger partial charge is 0.238 e. The third-order valence-electron chi connectivity index (χ3n) is 3.87. The van der Waals surface area contributed by atoms with Gasteiger partial charge in [0.25, 0.3) is 0 Å². The molecule has 0 saturated carbocycles. The van der Waals surface area contributed by atoms with Crippen molar-refractivity contribution in [3.8, 4) is 0 Å². The van der Waals surface area contributed by atoms with Crippen LogP contribution >= 0.6 is 0 Å². The second-order valence-electron chi connectivity index (χ2n) is 5.98. The maximum atomic E-state index is 12.2. The summed E-state index contributed by atoms with van der Waals surface area (Å²) >= 11 is 0. The first-order chi connectivity index (χ1) is 10.1. The van der Waals surface area contributed by atoms with Gasteiger partial charge in [0, 0.05) is 24.8 Å². The van der Waals surface area contributed by atoms with Crippen LogP contribution in [-0.4, -0.2) is 55.5 Å². The predicted octanol–water partition coefficient (Wildman–Crippen LogP) is 1.11. The summed E-state index contributed by atoms with van der Waals surface area (Å²) in [5.41, 5.74) is 7.47. The fourth-order valence-corrected chi connectivity index (χ4v) is 2.89. The van der Waals surface area contributed by atoms with Crippen LogP contribution in [0, 0.1) is 0 Å². The second-order valence-corrected chi connectivity index (χ2v) is 5.98. The lowest BCUT2D eigenvalue weighted by Crippen LogP contribution is -2.41. The summed E-state index contributed by atoms with van der Waals surface area (Å²) in [6.07, 6.45) is 2.35. The van der Waals surface area contributed by atoms with Gasteiger partial charge >= 0.3 is 0 Å². The molecular weight excluding hydrogens is 264 g/mol. The van der Waals surface area contributed by atoms with Gasteiger partial charge in [-0.15, -0.1) is 0 Å². The lowest BCUT2D eigenvalue weighted by atomic mass is 10.2. The number of likely N-dealkylation sites (N-methyl/N-ethyl adjacent to an activating group) is 1. The normalized spacial score (nSPS) is 19.1. The summed E-state index contributed by atoms with van der Waals surface area (Å²) in [4.78, 5) is 16.7. The predicted molar refractivity (Wildman–Crippen MR) is 86.1 cm³/mol. The van der Waals surface area contributed by atoms with E-state index in [1.807, 2.05) is 24.3 Å².